The van der Waals surface area contributed by atoms with Crippen LogP contribution in [0.1, 0.15) is 51.1 Å². The summed E-state index contributed by atoms with van der Waals surface area (Å²) in [5.41, 5.74) is 8.54. The maximum absolute atomic E-state index is 13.2. The topological polar surface area (TPSA) is 113 Å². The second kappa shape index (κ2) is 9.30. The number of piperidine rings is 1. The van der Waals surface area contributed by atoms with Gasteiger partial charge in [-0.15, -0.1) is 0 Å². The molecule has 3 rings (SSSR count). The molecular weight excluding hydrogens is 428 g/mol. The minimum atomic E-state index is -3.72. The van der Waals surface area contributed by atoms with E-state index in [9.17, 15) is 18.0 Å². The molecule has 0 aliphatic carbocycles. The van der Waals surface area contributed by atoms with E-state index in [0.717, 1.165) is 42.3 Å². The number of nitrogens with zero attached hydrogens (tertiary/aromatic N) is 2. The van der Waals surface area contributed by atoms with E-state index in [-0.39, 0.29) is 16.0 Å². The van der Waals surface area contributed by atoms with Crippen molar-refractivity contribution in [3.63, 3.8) is 0 Å². The van der Waals surface area contributed by atoms with Crippen molar-refractivity contribution in [1.82, 2.24) is 4.31 Å². The summed E-state index contributed by atoms with van der Waals surface area (Å²) in [6, 6.07) is 8.08. The number of nitrogens with one attached hydrogen (secondary N) is 1. The lowest BCUT2D eigenvalue weighted by molar-refractivity contribution is 0.0996. The first-order valence-electron chi connectivity index (χ1n) is 10.6. The first-order chi connectivity index (χ1) is 15.0. The fraction of sp³-hybridized carbons (Fsp3) is 0.391. The highest BCUT2D eigenvalue weighted by molar-refractivity contribution is 7.89. The molecule has 0 saturated carbocycles. The monoisotopic (exact) mass is 458 g/mol. The van der Waals surface area contributed by atoms with Crippen molar-refractivity contribution >= 4 is 33.2 Å². The van der Waals surface area contributed by atoms with Gasteiger partial charge in [0.1, 0.15) is 0 Å². The van der Waals surface area contributed by atoms with E-state index in [4.69, 9.17) is 5.73 Å². The van der Waals surface area contributed by atoms with E-state index in [1.807, 2.05) is 0 Å². The highest BCUT2D eigenvalue weighted by Gasteiger charge is 2.24. The number of hydrogen-bond acceptors (Lipinski definition) is 5. The maximum atomic E-state index is 13.2. The molecule has 0 aromatic heterocycles. The van der Waals surface area contributed by atoms with Gasteiger partial charge in [-0.2, -0.15) is 0 Å². The van der Waals surface area contributed by atoms with Gasteiger partial charge < -0.3 is 16.0 Å². The molecule has 0 bridgehead atoms. The summed E-state index contributed by atoms with van der Waals surface area (Å²) in [4.78, 5) is 27.2. The third kappa shape index (κ3) is 4.78. The maximum Gasteiger partial charge on any atom is 0.255 e. The Kier molecular flexibility index (Phi) is 6.90. The molecule has 1 aliphatic heterocycles. The summed E-state index contributed by atoms with van der Waals surface area (Å²) in [6.07, 6.45) is 3.26. The molecule has 1 saturated heterocycles. The summed E-state index contributed by atoms with van der Waals surface area (Å²) in [7, 11) is -0.807. The van der Waals surface area contributed by atoms with Gasteiger partial charge in [-0.1, -0.05) is 0 Å². The van der Waals surface area contributed by atoms with Crippen LogP contribution < -0.4 is 16.0 Å². The van der Waals surface area contributed by atoms with Gasteiger partial charge in [0.05, 0.1) is 16.3 Å². The zero-order valence-electron chi connectivity index (χ0n) is 18.9. The molecule has 2 aromatic rings. The fourth-order valence-corrected chi connectivity index (χ4v) is 5.03. The number of anilines is 2. The van der Waals surface area contributed by atoms with E-state index in [1.54, 1.807) is 38.1 Å². The van der Waals surface area contributed by atoms with E-state index in [1.165, 1.54) is 20.2 Å². The number of sulfonamides is 1. The number of benzene rings is 2. The molecule has 9 heteroatoms. The SMILES string of the molecule is Cc1cc(C(=O)Nc2cc(C(N)=O)ccc2N2CCCCC2)cc(S(=O)(=O)N(C)C)c1C. The van der Waals surface area contributed by atoms with Gasteiger partial charge in [0.25, 0.3) is 5.91 Å². The minimum Gasteiger partial charge on any atom is -0.370 e. The number of amides is 2. The third-order valence-corrected chi connectivity index (χ3v) is 7.81. The van der Waals surface area contributed by atoms with Crippen molar-refractivity contribution < 1.29 is 18.0 Å². The third-order valence-electron chi connectivity index (χ3n) is 5.87. The smallest absolute Gasteiger partial charge is 0.255 e. The van der Waals surface area contributed by atoms with Crippen LogP contribution in [0.3, 0.4) is 0 Å². The lowest BCUT2D eigenvalue weighted by Crippen LogP contribution is -2.30. The van der Waals surface area contributed by atoms with Crippen LogP contribution in [0.5, 0.6) is 0 Å². The molecule has 2 aromatic carbocycles. The number of hydrogen-bond donors (Lipinski definition) is 2. The number of rotatable bonds is 6. The Morgan fingerprint density at radius 3 is 2.25 bits per heavy atom. The highest BCUT2D eigenvalue weighted by Crippen LogP contribution is 2.31. The van der Waals surface area contributed by atoms with E-state index < -0.39 is 21.8 Å². The van der Waals surface area contributed by atoms with Crippen LogP contribution in [-0.2, 0) is 10.0 Å². The lowest BCUT2D eigenvalue weighted by Gasteiger charge is -2.30. The second-order valence-electron chi connectivity index (χ2n) is 8.30. The van der Waals surface area contributed by atoms with Gasteiger partial charge in [-0.25, -0.2) is 12.7 Å². The Morgan fingerprint density at radius 2 is 1.66 bits per heavy atom. The van der Waals surface area contributed by atoms with Crippen molar-refractivity contribution in [1.29, 1.82) is 0 Å². The lowest BCUT2D eigenvalue weighted by atomic mass is 10.0. The summed E-state index contributed by atoms with van der Waals surface area (Å²) in [6.45, 7) is 5.20. The van der Waals surface area contributed by atoms with Crippen LogP contribution in [0.25, 0.3) is 0 Å². The number of nitrogens with two attached hydrogens (primary N) is 1. The average molecular weight is 459 g/mol. The van der Waals surface area contributed by atoms with Crippen molar-refractivity contribution in [3.8, 4) is 0 Å². The molecule has 32 heavy (non-hydrogen) atoms. The van der Waals surface area contributed by atoms with Gasteiger partial charge in [0.15, 0.2) is 0 Å². The van der Waals surface area contributed by atoms with Crippen molar-refractivity contribution in [2.45, 2.75) is 38.0 Å². The van der Waals surface area contributed by atoms with Gasteiger partial charge in [-0.05, 0) is 74.6 Å². The largest absolute Gasteiger partial charge is 0.370 e. The van der Waals surface area contributed by atoms with Crippen LogP contribution >= 0.6 is 0 Å². The number of aryl methyl sites for hydroxylation is 1. The molecule has 0 spiro atoms. The van der Waals surface area contributed by atoms with Crippen LogP contribution in [0, 0.1) is 13.8 Å². The van der Waals surface area contributed by atoms with Crippen LogP contribution in [-0.4, -0.2) is 51.7 Å². The van der Waals surface area contributed by atoms with Gasteiger partial charge in [0, 0.05) is 38.3 Å². The molecule has 1 aliphatic rings. The van der Waals surface area contributed by atoms with Gasteiger partial charge >= 0.3 is 0 Å². The summed E-state index contributed by atoms with van der Waals surface area (Å²) in [5, 5.41) is 2.88. The molecule has 2 amide bonds. The van der Waals surface area contributed by atoms with Crippen LogP contribution in [0.15, 0.2) is 35.2 Å². The molecule has 1 heterocycles. The van der Waals surface area contributed by atoms with E-state index >= 15 is 0 Å². The van der Waals surface area contributed by atoms with Gasteiger partial charge in [0.2, 0.25) is 15.9 Å². The Balaban J connectivity index is 2.02. The normalized spacial score (nSPS) is 14.5. The van der Waals surface area contributed by atoms with Crippen molar-refractivity contribution in [3.05, 3.63) is 52.6 Å². The molecule has 8 nitrogen and oxygen atoms in total. The van der Waals surface area contributed by atoms with Crippen LogP contribution in [0.4, 0.5) is 11.4 Å². The average Bonchev–Trinajstić information content (AvgIpc) is 2.75. The first kappa shape index (κ1) is 23.7. The molecule has 3 N–H and O–H groups in total. The quantitative estimate of drug-likeness (QED) is 0.691. The molecule has 0 unspecified atom stereocenters. The number of carbonyl (C=O) groups excluding carboxylic acids is 2. The molecule has 172 valence electrons. The van der Waals surface area contributed by atoms with Crippen LogP contribution in [0.2, 0.25) is 0 Å². The predicted octanol–water partition coefficient (Wildman–Crippen LogP) is 2.90. The Morgan fingerprint density at radius 1 is 1.00 bits per heavy atom. The van der Waals surface area contributed by atoms with Crippen molar-refractivity contribution in [2.24, 2.45) is 5.73 Å². The molecule has 0 radical (unpaired) electrons. The van der Waals surface area contributed by atoms with E-state index in [0.29, 0.717) is 16.8 Å². The molecule has 0 atom stereocenters. The Bertz CT molecular complexity index is 1150. The summed E-state index contributed by atoms with van der Waals surface area (Å²) < 4.78 is 26.6. The molecular formula is C23H30N4O4S. The number of primary amides is 1. The Hall–Kier alpha value is -2.91. The second-order valence-corrected chi connectivity index (χ2v) is 10.4. The predicted molar refractivity (Wildman–Crippen MR) is 126 cm³/mol. The summed E-state index contributed by atoms with van der Waals surface area (Å²) in [5.74, 6) is -1.04. The van der Waals surface area contributed by atoms with Gasteiger partial charge in [-0.3, -0.25) is 9.59 Å². The highest BCUT2D eigenvalue weighted by atomic mass is 32.2. The summed E-state index contributed by atoms with van der Waals surface area (Å²) >= 11 is 0. The Labute approximate surface area is 189 Å². The van der Waals surface area contributed by atoms with Crippen molar-refractivity contribution in [2.75, 3.05) is 37.4 Å². The zero-order valence-corrected chi connectivity index (χ0v) is 19.8. The molecule has 1 fully saturated rings. The fourth-order valence-electron chi connectivity index (χ4n) is 3.82. The zero-order chi connectivity index (χ0) is 23.6. The minimum absolute atomic E-state index is 0.0924. The first-order valence-corrected chi connectivity index (χ1v) is 12.0. The van der Waals surface area contributed by atoms with E-state index in [2.05, 4.69) is 10.2 Å². The number of carbonyl (C=O) groups is 2. The standard InChI is InChI=1S/C23H30N4O4S/c1-15-12-18(14-21(16(15)2)32(30,31)26(3)4)23(29)25-19-13-17(22(24)28)8-9-20(19)27-10-6-5-7-11-27/h8-9,12-14H,5-7,10-11H2,1-4H3,(H2,24,28)(H,25,29).